The highest BCUT2D eigenvalue weighted by Crippen LogP contribution is 2.37. The maximum Gasteiger partial charge on any atom is 0.519 e. The Kier molecular flexibility index (Phi) is 19.7. The lowest BCUT2D eigenvalue weighted by Gasteiger charge is -2.34. The van der Waals surface area contributed by atoms with Crippen molar-refractivity contribution >= 4 is 45.6 Å². The van der Waals surface area contributed by atoms with E-state index in [9.17, 15) is 9.59 Å². The largest absolute Gasteiger partial charge is 0.519 e. The van der Waals surface area contributed by atoms with Crippen LogP contribution in [0.15, 0.2) is 84.9 Å². The normalized spacial score (nSPS) is 12.5. The van der Waals surface area contributed by atoms with Crippen molar-refractivity contribution in [1.29, 1.82) is 0 Å². The first-order chi connectivity index (χ1) is 30.4. The van der Waals surface area contributed by atoms with E-state index in [0.29, 0.717) is 23.0 Å². The molecule has 4 rings (SSSR count). The van der Waals surface area contributed by atoms with Crippen molar-refractivity contribution < 1.29 is 36.8 Å². The van der Waals surface area contributed by atoms with E-state index in [2.05, 4.69) is 80.1 Å². The van der Waals surface area contributed by atoms with E-state index in [4.69, 9.17) is 27.2 Å². The first-order valence-corrected chi connectivity index (χ1v) is 36.5. The zero-order valence-corrected chi connectivity index (χ0v) is 46.3. The van der Waals surface area contributed by atoms with Crippen LogP contribution in [0.4, 0.5) is 9.59 Å². The average Bonchev–Trinajstić information content (AvgIpc) is 3.21. The third-order valence-electron chi connectivity index (χ3n) is 12.3. The Hall–Kier alpha value is -3.79. The maximum absolute atomic E-state index is 13.2. The van der Waals surface area contributed by atoms with Gasteiger partial charge in [0.25, 0.3) is 0 Å². The molecule has 356 valence electrons. The summed E-state index contributed by atoms with van der Waals surface area (Å²) in [6, 6.07) is 31.6. The van der Waals surface area contributed by atoms with Gasteiger partial charge in [-0.3, -0.25) is 0 Å². The number of carbonyl (C=O) groups is 2. The highest BCUT2D eigenvalue weighted by Gasteiger charge is 2.34. The summed E-state index contributed by atoms with van der Waals surface area (Å²) in [6.45, 7) is 31.3. The zero-order chi connectivity index (χ0) is 48.1. The van der Waals surface area contributed by atoms with Crippen molar-refractivity contribution in [3.8, 4) is 23.0 Å². The van der Waals surface area contributed by atoms with Crippen LogP contribution in [0, 0.1) is 13.8 Å². The molecular formula is C53H80O8Si4. The molecule has 0 saturated heterocycles. The van der Waals surface area contributed by atoms with Gasteiger partial charge in [-0.05, 0) is 174 Å². The van der Waals surface area contributed by atoms with Crippen molar-refractivity contribution in [3.63, 3.8) is 0 Å². The molecule has 0 atom stereocenters. The number of ether oxygens (including phenoxy) is 4. The van der Waals surface area contributed by atoms with Crippen molar-refractivity contribution in [2.24, 2.45) is 0 Å². The lowest BCUT2D eigenvalue weighted by atomic mass is 9.77. The third kappa shape index (κ3) is 17.4. The number of rotatable bonds is 24. The van der Waals surface area contributed by atoms with Gasteiger partial charge in [0.2, 0.25) is 0 Å². The third-order valence-corrected chi connectivity index (χ3v) is 27.4. The Balaban J connectivity index is 1.33. The number of para-hydroxylation sites is 2. The van der Waals surface area contributed by atoms with E-state index >= 15 is 0 Å². The fraction of sp³-hybridized carbons (Fsp3) is 0.509. The molecule has 12 heteroatoms. The molecule has 0 aromatic heterocycles. The molecule has 0 spiro atoms. The van der Waals surface area contributed by atoms with E-state index in [1.165, 1.54) is 37.8 Å². The van der Waals surface area contributed by atoms with Crippen LogP contribution in [0.5, 0.6) is 23.0 Å². The quantitative estimate of drug-likeness (QED) is 0.0390. The lowest BCUT2D eigenvalue weighted by Crippen LogP contribution is -2.44. The Morgan fingerprint density at radius 3 is 1.12 bits per heavy atom. The predicted molar refractivity (Wildman–Crippen MR) is 278 cm³/mol. The number of carbonyl (C=O) groups excluding carboxylic acids is 2. The molecule has 0 aliphatic carbocycles. The first kappa shape index (κ1) is 53.8. The second-order valence-electron chi connectivity index (χ2n) is 20.9. The van der Waals surface area contributed by atoms with Gasteiger partial charge in [0.1, 0.15) is 23.0 Å². The van der Waals surface area contributed by atoms with E-state index in [1.54, 1.807) is 0 Å². The minimum Gasteiger partial charge on any atom is -0.455 e. The van der Waals surface area contributed by atoms with Gasteiger partial charge in [0.05, 0.1) is 0 Å². The van der Waals surface area contributed by atoms with Gasteiger partial charge >= 0.3 is 12.3 Å². The van der Waals surface area contributed by atoms with Gasteiger partial charge in [-0.1, -0.05) is 114 Å². The fourth-order valence-corrected chi connectivity index (χ4v) is 26.9. The molecule has 65 heavy (non-hydrogen) atoms. The van der Waals surface area contributed by atoms with E-state index < -0.39 is 51.0 Å². The number of benzene rings is 4. The molecule has 4 aromatic rings. The van der Waals surface area contributed by atoms with Crippen LogP contribution in [0.25, 0.3) is 0 Å². The van der Waals surface area contributed by atoms with Crippen LogP contribution in [-0.4, -0.2) is 45.6 Å². The summed E-state index contributed by atoms with van der Waals surface area (Å²) in [5.41, 5.74) is 5.24. The van der Waals surface area contributed by atoms with Crippen molar-refractivity contribution in [1.82, 2.24) is 0 Å². The monoisotopic (exact) mass is 956 g/mol. The van der Waals surface area contributed by atoms with Crippen LogP contribution in [-0.2, 0) is 26.5 Å². The second-order valence-corrected chi connectivity index (χ2v) is 38.6. The summed E-state index contributed by atoms with van der Waals surface area (Å²) in [5, 5.41) is 0. The first-order valence-electron chi connectivity index (χ1n) is 24.0. The van der Waals surface area contributed by atoms with Gasteiger partial charge < -0.3 is 27.2 Å². The van der Waals surface area contributed by atoms with E-state index in [1.807, 2.05) is 98.8 Å². The fourth-order valence-electron chi connectivity index (χ4n) is 8.81. The van der Waals surface area contributed by atoms with E-state index in [0.717, 1.165) is 71.2 Å². The van der Waals surface area contributed by atoms with Crippen molar-refractivity contribution in [3.05, 3.63) is 118 Å². The molecule has 0 saturated carbocycles. The molecule has 0 amide bonds. The minimum atomic E-state index is -1.82. The van der Waals surface area contributed by atoms with Crippen LogP contribution >= 0.6 is 0 Å². The molecule has 0 bridgehead atoms. The summed E-state index contributed by atoms with van der Waals surface area (Å²) in [6.07, 6.45) is 6.85. The molecule has 8 nitrogen and oxygen atoms in total. The SMILES string of the molecule is CCCC[Si](C)(C)O[Si](C)(C)CCCc1ccccc1OC(=O)Oc1ccc(C(C)(C)c2ccc(OC(=O)Oc3ccccc3CCC[Si](C)(C)O[Si](C)(C)CCCC)c(C)c2)cc1C. The Bertz CT molecular complexity index is 2030. The maximum atomic E-state index is 13.2. The Morgan fingerprint density at radius 2 is 0.785 bits per heavy atom. The Labute approximate surface area is 396 Å². The van der Waals surface area contributed by atoms with Crippen LogP contribution in [0.3, 0.4) is 0 Å². The molecule has 0 aliphatic rings. The molecule has 0 heterocycles. The van der Waals surface area contributed by atoms with Crippen LogP contribution < -0.4 is 18.9 Å². The standard InChI is InChI=1S/C53H80O8Si4/c1-15-17-35-62(7,8)60-64(11,12)37-23-27-43-25-19-21-29-49(43)58-51(54)56-47-33-31-45(39-41(47)3)53(5,6)46-32-34-48(42(4)40-46)57-52(55)59-50-30-22-20-26-44(50)28-24-38-65(13,14)61-63(9,10)36-18-16-2/h19-22,25-26,29-34,39-40H,15-18,23-24,27-28,35-38H2,1-14H3. The molecule has 0 fully saturated rings. The smallest absolute Gasteiger partial charge is 0.455 e. The topological polar surface area (TPSA) is 89.5 Å². The molecule has 4 aromatic carbocycles. The number of aryl methyl sites for hydroxylation is 4. The molecule has 0 aliphatic heterocycles. The van der Waals surface area contributed by atoms with Gasteiger partial charge in [0.15, 0.2) is 33.3 Å². The summed E-state index contributed by atoms with van der Waals surface area (Å²) in [7, 11) is -6.99. The van der Waals surface area contributed by atoms with Crippen LogP contribution in [0.1, 0.15) is 99.6 Å². The highest BCUT2D eigenvalue weighted by molar-refractivity contribution is 6.85. The van der Waals surface area contributed by atoms with E-state index in [-0.39, 0.29) is 0 Å². The predicted octanol–water partition coefficient (Wildman–Crippen LogP) is 16.1. The van der Waals surface area contributed by atoms with Gasteiger partial charge in [-0.25, -0.2) is 9.59 Å². The number of unbranched alkanes of at least 4 members (excludes halogenated alkanes) is 2. The number of hydrogen-bond acceptors (Lipinski definition) is 8. The molecule has 0 radical (unpaired) electrons. The second kappa shape index (κ2) is 23.8. The summed E-state index contributed by atoms with van der Waals surface area (Å²) in [4.78, 5) is 26.3. The summed E-state index contributed by atoms with van der Waals surface area (Å²) < 4.78 is 36.8. The zero-order valence-electron chi connectivity index (χ0n) is 42.3. The molecule has 0 unspecified atom stereocenters. The highest BCUT2D eigenvalue weighted by atomic mass is 28.4. The summed E-state index contributed by atoms with van der Waals surface area (Å²) in [5.74, 6) is 1.92. The molecule has 0 N–H and O–H groups in total. The summed E-state index contributed by atoms with van der Waals surface area (Å²) >= 11 is 0. The minimum absolute atomic E-state index is 0.419. The van der Waals surface area contributed by atoms with Crippen molar-refractivity contribution in [2.45, 2.75) is 175 Å². The molecular weight excluding hydrogens is 877 g/mol. The average molecular weight is 958 g/mol. The lowest BCUT2D eigenvalue weighted by molar-refractivity contribution is 0.150. The van der Waals surface area contributed by atoms with Crippen molar-refractivity contribution in [2.75, 3.05) is 0 Å². The van der Waals surface area contributed by atoms with Gasteiger partial charge in [-0.2, -0.15) is 0 Å². The van der Waals surface area contributed by atoms with Gasteiger partial charge in [0, 0.05) is 5.41 Å². The number of hydrogen-bond donors (Lipinski definition) is 0. The Morgan fingerprint density at radius 1 is 0.462 bits per heavy atom. The van der Waals surface area contributed by atoms with Crippen LogP contribution in [0.2, 0.25) is 76.6 Å². The van der Waals surface area contributed by atoms with Gasteiger partial charge in [-0.15, -0.1) is 0 Å².